The van der Waals surface area contributed by atoms with Crippen LogP contribution in [0.5, 0.6) is 5.75 Å². The molecular weight excluding hydrogens is 426 g/mol. The van der Waals surface area contributed by atoms with Crippen LogP contribution < -0.4 is 16.3 Å². The lowest BCUT2D eigenvalue weighted by molar-refractivity contribution is 0.287. The Morgan fingerprint density at radius 1 is 1.16 bits per heavy atom. The summed E-state index contributed by atoms with van der Waals surface area (Å²) in [5.41, 5.74) is 9.51. The second kappa shape index (κ2) is 9.43. The van der Waals surface area contributed by atoms with Gasteiger partial charge in [0.15, 0.2) is 17.3 Å². The van der Waals surface area contributed by atoms with Crippen molar-refractivity contribution in [1.29, 1.82) is 0 Å². The molecule has 1 aromatic carbocycles. The molecule has 0 spiro atoms. The first kappa shape index (κ1) is 21.9. The Labute approximate surface area is 190 Å². The standard InChI is InChI=1S/C21H27N9OS/c1-13(2)15-6-5-14(3)9-16(15)31-10-17-27-28-21(30(17)23)32-8-4-7-29-12-26-18-19(22)24-11-25-20(18)29/h5-6,9,11-13H,4,7-8,10,23H2,1-3H3,(H2,22,24,25). The molecule has 0 aliphatic rings. The Morgan fingerprint density at radius 2 is 2.00 bits per heavy atom. The predicted molar refractivity (Wildman–Crippen MR) is 125 cm³/mol. The van der Waals surface area contributed by atoms with Gasteiger partial charge in [-0.25, -0.2) is 19.6 Å². The number of hydrogen-bond donors (Lipinski definition) is 2. The first-order valence-corrected chi connectivity index (χ1v) is 11.4. The fourth-order valence-corrected chi connectivity index (χ4v) is 4.15. The van der Waals surface area contributed by atoms with Crippen LogP contribution in [0.4, 0.5) is 5.82 Å². The van der Waals surface area contributed by atoms with Crippen LogP contribution in [0.25, 0.3) is 11.2 Å². The molecule has 0 bridgehead atoms. The van der Waals surface area contributed by atoms with Crippen LogP contribution >= 0.6 is 11.8 Å². The number of nitrogen functional groups attached to an aromatic ring is 2. The van der Waals surface area contributed by atoms with Gasteiger partial charge in [-0.1, -0.05) is 37.7 Å². The fourth-order valence-electron chi connectivity index (χ4n) is 3.35. The van der Waals surface area contributed by atoms with Gasteiger partial charge in [0.1, 0.15) is 24.2 Å². The molecule has 10 nitrogen and oxygen atoms in total. The number of hydrogen-bond acceptors (Lipinski definition) is 9. The Kier molecular flexibility index (Phi) is 6.45. The van der Waals surface area contributed by atoms with Gasteiger partial charge < -0.3 is 20.9 Å². The molecule has 4 rings (SSSR count). The van der Waals surface area contributed by atoms with E-state index < -0.39 is 0 Å². The number of imidazole rings is 1. The molecular formula is C21H27N9OS. The number of rotatable bonds is 9. The Bertz CT molecular complexity index is 1220. The van der Waals surface area contributed by atoms with Gasteiger partial charge in [-0.3, -0.25) is 0 Å². The summed E-state index contributed by atoms with van der Waals surface area (Å²) >= 11 is 1.55. The Morgan fingerprint density at radius 3 is 2.81 bits per heavy atom. The van der Waals surface area contributed by atoms with E-state index in [0.29, 0.717) is 28.2 Å². The number of ether oxygens (including phenoxy) is 1. The van der Waals surface area contributed by atoms with E-state index in [1.54, 1.807) is 18.1 Å². The largest absolute Gasteiger partial charge is 0.485 e. The maximum atomic E-state index is 6.21. The van der Waals surface area contributed by atoms with Crippen molar-refractivity contribution in [3.63, 3.8) is 0 Å². The maximum absolute atomic E-state index is 6.21. The zero-order valence-corrected chi connectivity index (χ0v) is 19.2. The van der Waals surface area contributed by atoms with Gasteiger partial charge in [-0.05, 0) is 36.5 Å². The Hall–Kier alpha value is -3.34. The quantitative estimate of drug-likeness (QED) is 0.223. The number of fused-ring (bicyclic) bond motifs is 1. The van der Waals surface area contributed by atoms with Crippen molar-refractivity contribution in [3.05, 3.63) is 47.8 Å². The summed E-state index contributed by atoms with van der Waals surface area (Å²) in [5, 5.41) is 9.07. The van der Waals surface area contributed by atoms with Crippen molar-refractivity contribution in [2.75, 3.05) is 17.3 Å². The molecule has 0 amide bonds. The monoisotopic (exact) mass is 453 g/mol. The zero-order valence-electron chi connectivity index (χ0n) is 18.4. The van der Waals surface area contributed by atoms with E-state index in [1.807, 2.05) is 17.6 Å². The number of thioether (sulfide) groups is 1. The smallest absolute Gasteiger partial charge is 0.209 e. The van der Waals surface area contributed by atoms with Crippen molar-refractivity contribution >= 4 is 28.7 Å². The van der Waals surface area contributed by atoms with E-state index in [2.05, 4.69) is 51.1 Å². The van der Waals surface area contributed by atoms with E-state index in [4.69, 9.17) is 16.3 Å². The van der Waals surface area contributed by atoms with E-state index >= 15 is 0 Å². The first-order valence-electron chi connectivity index (χ1n) is 10.4. The summed E-state index contributed by atoms with van der Waals surface area (Å²) in [6, 6.07) is 6.24. The van der Waals surface area contributed by atoms with Crippen LogP contribution in [0.1, 0.15) is 43.1 Å². The summed E-state index contributed by atoms with van der Waals surface area (Å²) in [6.45, 7) is 7.35. The highest BCUT2D eigenvalue weighted by molar-refractivity contribution is 7.99. The van der Waals surface area contributed by atoms with E-state index in [1.165, 1.54) is 11.0 Å². The summed E-state index contributed by atoms with van der Waals surface area (Å²) in [7, 11) is 0. The molecule has 0 saturated carbocycles. The number of nitrogens with two attached hydrogens (primary N) is 2. The molecule has 0 radical (unpaired) electrons. The molecule has 11 heteroatoms. The Balaban J connectivity index is 1.32. The van der Waals surface area contributed by atoms with Crippen molar-refractivity contribution in [2.45, 2.75) is 51.4 Å². The molecule has 0 fully saturated rings. The average molecular weight is 454 g/mol. The highest BCUT2D eigenvalue weighted by Crippen LogP contribution is 2.28. The van der Waals surface area contributed by atoms with Crippen LogP contribution in [0.2, 0.25) is 0 Å². The summed E-state index contributed by atoms with van der Waals surface area (Å²) in [5.74, 6) is 9.21. The molecule has 4 aromatic rings. The fraction of sp³-hybridized carbons (Fsp3) is 0.381. The summed E-state index contributed by atoms with van der Waals surface area (Å²) in [4.78, 5) is 12.5. The molecule has 0 aliphatic heterocycles. The second-order valence-corrected chi connectivity index (χ2v) is 8.89. The van der Waals surface area contributed by atoms with Gasteiger partial charge in [0, 0.05) is 12.3 Å². The van der Waals surface area contributed by atoms with Crippen molar-refractivity contribution in [1.82, 2.24) is 34.4 Å². The second-order valence-electron chi connectivity index (χ2n) is 7.82. The lowest BCUT2D eigenvalue weighted by Crippen LogP contribution is -2.16. The van der Waals surface area contributed by atoms with Crippen LogP contribution in [-0.4, -0.2) is 40.1 Å². The van der Waals surface area contributed by atoms with Crippen molar-refractivity contribution in [3.8, 4) is 5.75 Å². The van der Waals surface area contributed by atoms with Gasteiger partial charge in [0.05, 0.1) is 6.33 Å². The number of nitrogens with zero attached hydrogens (tertiary/aromatic N) is 7. The minimum atomic E-state index is 0.259. The summed E-state index contributed by atoms with van der Waals surface area (Å²) < 4.78 is 9.50. The highest BCUT2D eigenvalue weighted by atomic mass is 32.2. The minimum absolute atomic E-state index is 0.259. The van der Waals surface area contributed by atoms with Crippen LogP contribution in [0, 0.1) is 6.92 Å². The molecule has 0 unspecified atom stereocenters. The number of aromatic nitrogens is 7. The molecule has 0 saturated heterocycles. The van der Waals surface area contributed by atoms with Crippen LogP contribution in [-0.2, 0) is 13.2 Å². The van der Waals surface area contributed by atoms with Crippen molar-refractivity contribution < 1.29 is 4.74 Å². The number of aryl methyl sites for hydroxylation is 2. The van der Waals surface area contributed by atoms with E-state index in [9.17, 15) is 0 Å². The average Bonchev–Trinajstić information content (AvgIpc) is 3.34. The van der Waals surface area contributed by atoms with Gasteiger partial charge in [0.25, 0.3) is 0 Å². The predicted octanol–water partition coefficient (Wildman–Crippen LogP) is 2.91. The normalized spacial score (nSPS) is 11.5. The van der Waals surface area contributed by atoms with Crippen LogP contribution in [0.15, 0.2) is 36.0 Å². The van der Waals surface area contributed by atoms with Gasteiger partial charge in [0.2, 0.25) is 5.16 Å². The summed E-state index contributed by atoms with van der Waals surface area (Å²) in [6.07, 6.45) is 4.06. The van der Waals surface area contributed by atoms with E-state index in [-0.39, 0.29) is 6.61 Å². The lowest BCUT2D eigenvalue weighted by Gasteiger charge is -2.14. The molecule has 3 aromatic heterocycles. The third-order valence-corrected chi connectivity index (χ3v) is 6.12. The van der Waals surface area contributed by atoms with Crippen molar-refractivity contribution in [2.24, 2.45) is 0 Å². The maximum Gasteiger partial charge on any atom is 0.209 e. The molecule has 32 heavy (non-hydrogen) atoms. The minimum Gasteiger partial charge on any atom is -0.485 e. The van der Waals surface area contributed by atoms with Gasteiger partial charge in [-0.15, -0.1) is 10.2 Å². The van der Waals surface area contributed by atoms with Crippen LogP contribution in [0.3, 0.4) is 0 Å². The SMILES string of the molecule is Cc1ccc(C(C)C)c(OCc2nnc(SCCCn3cnc4c(N)ncnc43)n2N)c1. The number of anilines is 1. The molecule has 4 N–H and O–H groups in total. The molecule has 0 atom stereocenters. The number of benzene rings is 1. The topological polar surface area (TPSA) is 136 Å². The highest BCUT2D eigenvalue weighted by Gasteiger charge is 2.14. The third kappa shape index (κ3) is 4.62. The molecule has 0 aliphatic carbocycles. The van der Waals surface area contributed by atoms with Gasteiger partial charge >= 0.3 is 0 Å². The first-order chi connectivity index (χ1) is 15.4. The van der Waals surface area contributed by atoms with E-state index in [0.717, 1.165) is 41.2 Å². The third-order valence-electron chi connectivity index (χ3n) is 5.09. The molecule has 3 heterocycles. The van der Waals surface area contributed by atoms with Gasteiger partial charge in [-0.2, -0.15) is 0 Å². The molecule has 168 valence electrons. The lowest BCUT2D eigenvalue weighted by atomic mass is 10.0. The zero-order chi connectivity index (χ0) is 22.7.